The van der Waals surface area contributed by atoms with E-state index in [0.717, 1.165) is 17.8 Å². The van der Waals surface area contributed by atoms with Crippen molar-refractivity contribution in [3.8, 4) is 0 Å². The van der Waals surface area contributed by atoms with E-state index in [4.69, 9.17) is 0 Å². The molecule has 0 saturated heterocycles. The van der Waals surface area contributed by atoms with Crippen molar-refractivity contribution in [1.82, 2.24) is 9.88 Å². The first-order valence-electron chi connectivity index (χ1n) is 5.03. The Bertz CT molecular complexity index is 390. The third-order valence-electron chi connectivity index (χ3n) is 2.35. The number of amidine groups is 1. The molecule has 0 spiro atoms. The summed E-state index contributed by atoms with van der Waals surface area (Å²) in [5, 5.41) is 10.5. The molecule has 0 radical (unpaired) electrons. The predicted molar refractivity (Wildman–Crippen MR) is 61.3 cm³/mol. The highest BCUT2D eigenvalue weighted by atomic mass is 32.1. The van der Waals surface area contributed by atoms with Gasteiger partial charge in [0.15, 0.2) is 5.84 Å². The average Bonchev–Trinajstić information content (AvgIpc) is 2.73. The second-order valence-electron chi connectivity index (χ2n) is 3.53. The Kier molecular flexibility index (Phi) is 3.45. The van der Waals surface area contributed by atoms with Crippen molar-refractivity contribution in [1.29, 1.82) is 0 Å². The fourth-order valence-electron chi connectivity index (χ4n) is 1.64. The highest BCUT2D eigenvalue weighted by molar-refractivity contribution is 7.09. The number of nitro groups is 1. The SMILES string of the molecule is O=[N+]([O-])CC1=NCCCN1Cc1cncs1. The first kappa shape index (κ1) is 11.0. The zero-order valence-electron chi connectivity index (χ0n) is 8.70. The predicted octanol–water partition coefficient (Wildman–Crippen LogP) is 1.02. The molecule has 86 valence electrons. The lowest BCUT2D eigenvalue weighted by Gasteiger charge is -2.26. The molecule has 0 unspecified atom stereocenters. The van der Waals surface area contributed by atoms with E-state index < -0.39 is 0 Å². The maximum absolute atomic E-state index is 10.5. The van der Waals surface area contributed by atoms with E-state index in [2.05, 4.69) is 9.98 Å². The van der Waals surface area contributed by atoms with Gasteiger partial charge in [-0.1, -0.05) is 0 Å². The molecule has 0 saturated carbocycles. The maximum atomic E-state index is 10.5. The lowest BCUT2D eigenvalue weighted by atomic mass is 10.3. The smallest absolute Gasteiger partial charge is 0.260 e. The summed E-state index contributed by atoms with van der Waals surface area (Å²) in [6.45, 7) is 2.03. The van der Waals surface area contributed by atoms with Crippen molar-refractivity contribution in [3.05, 3.63) is 26.7 Å². The number of thiazole rings is 1. The van der Waals surface area contributed by atoms with Crippen LogP contribution in [0.25, 0.3) is 0 Å². The van der Waals surface area contributed by atoms with E-state index in [9.17, 15) is 10.1 Å². The number of nitrogens with zero attached hydrogens (tertiary/aromatic N) is 4. The van der Waals surface area contributed by atoms with Crippen molar-refractivity contribution in [3.63, 3.8) is 0 Å². The molecule has 1 aliphatic rings. The van der Waals surface area contributed by atoms with Crippen LogP contribution >= 0.6 is 11.3 Å². The molecule has 2 heterocycles. The summed E-state index contributed by atoms with van der Waals surface area (Å²) < 4.78 is 0. The van der Waals surface area contributed by atoms with Crippen LogP contribution in [0.4, 0.5) is 0 Å². The lowest BCUT2D eigenvalue weighted by molar-refractivity contribution is -0.464. The number of hydrogen-bond acceptors (Lipinski definition) is 6. The van der Waals surface area contributed by atoms with Crippen molar-refractivity contribution in [2.45, 2.75) is 13.0 Å². The van der Waals surface area contributed by atoms with E-state index in [1.165, 1.54) is 0 Å². The van der Waals surface area contributed by atoms with Crippen molar-refractivity contribution in [2.24, 2.45) is 4.99 Å². The largest absolute Gasteiger partial charge is 0.350 e. The maximum Gasteiger partial charge on any atom is 0.260 e. The van der Waals surface area contributed by atoms with Crippen LogP contribution in [-0.4, -0.2) is 40.3 Å². The van der Waals surface area contributed by atoms with Gasteiger partial charge in [-0.15, -0.1) is 11.3 Å². The molecule has 0 atom stereocenters. The molecule has 16 heavy (non-hydrogen) atoms. The van der Waals surface area contributed by atoms with Gasteiger partial charge in [-0.05, 0) is 6.42 Å². The van der Waals surface area contributed by atoms with Crippen LogP contribution in [0.3, 0.4) is 0 Å². The monoisotopic (exact) mass is 240 g/mol. The number of aromatic nitrogens is 1. The highest BCUT2D eigenvalue weighted by Crippen LogP contribution is 2.13. The van der Waals surface area contributed by atoms with Crippen molar-refractivity contribution >= 4 is 17.2 Å². The summed E-state index contributed by atoms with van der Waals surface area (Å²) in [7, 11) is 0. The van der Waals surface area contributed by atoms with Crippen molar-refractivity contribution < 1.29 is 4.92 Å². The third-order valence-corrected chi connectivity index (χ3v) is 3.11. The van der Waals surface area contributed by atoms with Gasteiger partial charge < -0.3 is 4.90 Å². The van der Waals surface area contributed by atoms with E-state index >= 15 is 0 Å². The number of rotatable bonds is 4. The lowest BCUT2D eigenvalue weighted by Crippen LogP contribution is -2.39. The fraction of sp³-hybridized carbons (Fsp3) is 0.556. The van der Waals surface area contributed by atoms with Gasteiger partial charge in [0.1, 0.15) is 0 Å². The number of aliphatic imine (C=N–C) groups is 1. The molecule has 0 aromatic carbocycles. The van der Waals surface area contributed by atoms with Gasteiger partial charge in [0.05, 0.1) is 12.1 Å². The zero-order valence-corrected chi connectivity index (χ0v) is 9.52. The summed E-state index contributed by atoms with van der Waals surface area (Å²) in [6, 6.07) is 0. The van der Waals surface area contributed by atoms with E-state index in [1.807, 2.05) is 4.90 Å². The zero-order chi connectivity index (χ0) is 11.4. The Morgan fingerprint density at radius 2 is 2.50 bits per heavy atom. The summed E-state index contributed by atoms with van der Waals surface area (Å²) in [4.78, 5) is 21.5. The molecular weight excluding hydrogens is 228 g/mol. The second kappa shape index (κ2) is 5.02. The molecule has 1 aliphatic heterocycles. The summed E-state index contributed by atoms with van der Waals surface area (Å²) in [5.74, 6) is 0.588. The Morgan fingerprint density at radius 1 is 1.62 bits per heavy atom. The first-order valence-corrected chi connectivity index (χ1v) is 5.91. The van der Waals surface area contributed by atoms with Crippen LogP contribution in [0, 0.1) is 10.1 Å². The van der Waals surface area contributed by atoms with Crippen LogP contribution in [0.5, 0.6) is 0 Å². The summed E-state index contributed by atoms with van der Waals surface area (Å²) >= 11 is 1.56. The van der Waals surface area contributed by atoms with Gasteiger partial charge in [0.25, 0.3) is 6.54 Å². The molecule has 2 rings (SSSR count). The molecule has 0 bridgehead atoms. The minimum atomic E-state index is -0.330. The van der Waals surface area contributed by atoms with Crippen LogP contribution in [0.15, 0.2) is 16.7 Å². The molecule has 1 aromatic rings. The first-order chi connectivity index (χ1) is 7.75. The van der Waals surface area contributed by atoms with Gasteiger partial charge in [-0.3, -0.25) is 20.1 Å². The molecule has 0 fully saturated rings. The Balaban J connectivity index is 2.03. The Labute approximate surface area is 96.8 Å². The molecule has 0 amide bonds. The van der Waals surface area contributed by atoms with E-state index in [0.29, 0.717) is 18.9 Å². The van der Waals surface area contributed by atoms with Crippen LogP contribution < -0.4 is 0 Å². The average molecular weight is 240 g/mol. The second-order valence-corrected chi connectivity index (χ2v) is 4.50. The molecule has 6 nitrogen and oxygen atoms in total. The molecule has 7 heteroatoms. The van der Waals surface area contributed by atoms with Crippen molar-refractivity contribution in [2.75, 3.05) is 19.6 Å². The molecular formula is C9H12N4O2S. The van der Waals surface area contributed by atoms with Crippen LogP contribution in [0.1, 0.15) is 11.3 Å². The van der Waals surface area contributed by atoms with Crippen LogP contribution in [-0.2, 0) is 6.54 Å². The highest BCUT2D eigenvalue weighted by Gasteiger charge is 2.20. The van der Waals surface area contributed by atoms with E-state index in [-0.39, 0.29) is 11.5 Å². The summed E-state index contributed by atoms with van der Waals surface area (Å²) in [5.41, 5.74) is 1.77. The topological polar surface area (TPSA) is 71.6 Å². The Morgan fingerprint density at radius 3 is 3.19 bits per heavy atom. The fourth-order valence-corrected chi connectivity index (χ4v) is 2.25. The minimum Gasteiger partial charge on any atom is -0.350 e. The van der Waals surface area contributed by atoms with Gasteiger partial charge in [0.2, 0.25) is 0 Å². The third kappa shape index (κ3) is 2.75. The Hall–Kier alpha value is -1.50. The van der Waals surface area contributed by atoms with Gasteiger partial charge in [0, 0.05) is 29.1 Å². The van der Waals surface area contributed by atoms with Gasteiger partial charge >= 0.3 is 0 Å². The van der Waals surface area contributed by atoms with Crippen LogP contribution in [0.2, 0.25) is 0 Å². The quantitative estimate of drug-likeness (QED) is 0.582. The molecule has 0 N–H and O–H groups in total. The summed E-state index contributed by atoms with van der Waals surface area (Å²) in [6.07, 6.45) is 2.75. The standard InChI is InChI=1S/C9H12N4O2S/c14-13(15)6-9-11-2-1-3-12(9)5-8-4-10-7-16-8/h4,7H,1-3,5-6H2. The molecule has 1 aromatic heterocycles. The minimum absolute atomic E-state index is 0.182. The van der Waals surface area contributed by atoms with Gasteiger partial charge in [-0.25, -0.2) is 0 Å². The molecule has 0 aliphatic carbocycles. The van der Waals surface area contributed by atoms with E-state index in [1.54, 1.807) is 23.0 Å². The number of hydrogen-bond donors (Lipinski definition) is 0. The van der Waals surface area contributed by atoms with Gasteiger partial charge in [-0.2, -0.15) is 0 Å². The normalized spacial score (nSPS) is 16.0.